The van der Waals surface area contributed by atoms with Crippen LogP contribution in [0.3, 0.4) is 0 Å². The Balaban J connectivity index is 1.45. The SMILES string of the molecule is CC[C@H](C(=O)N1CCC(c2ccc(F)cc2)C1)n1cc2cc[nH]c3ncc(c1O)c23. The number of rotatable bonds is 4. The highest BCUT2D eigenvalue weighted by atomic mass is 19.1. The molecular weight excluding hydrogens is 383 g/mol. The number of pyridine rings is 2. The van der Waals surface area contributed by atoms with E-state index >= 15 is 0 Å². The number of aromatic nitrogens is 3. The molecule has 154 valence electrons. The zero-order chi connectivity index (χ0) is 20.8. The van der Waals surface area contributed by atoms with E-state index in [9.17, 15) is 14.3 Å². The summed E-state index contributed by atoms with van der Waals surface area (Å²) < 4.78 is 14.9. The lowest BCUT2D eigenvalue weighted by atomic mass is 9.98. The molecule has 0 spiro atoms. The first-order chi connectivity index (χ1) is 14.6. The van der Waals surface area contributed by atoms with Crippen LogP contribution >= 0.6 is 0 Å². The summed E-state index contributed by atoms with van der Waals surface area (Å²) in [6.45, 7) is 3.20. The van der Waals surface area contributed by atoms with Gasteiger partial charge in [0, 0.05) is 48.4 Å². The van der Waals surface area contributed by atoms with Crippen molar-refractivity contribution in [2.45, 2.75) is 31.7 Å². The van der Waals surface area contributed by atoms with Gasteiger partial charge in [-0.2, -0.15) is 0 Å². The number of amides is 1. The summed E-state index contributed by atoms with van der Waals surface area (Å²) in [5, 5.41) is 13.3. The molecule has 1 aliphatic heterocycles. The lowest BCUT2D eigenvalue weighted by Crippen LogP contribution is -2.35. The molecule has 1 fully saturated rings. The van der Waals surface area contributed by atoms with Gasteiger partial charge in [-0.15, -0.1) is 0 Å². The molecule has 1 saturated heterocycles. The molecule has 1 aromatic carbocycles. The second kappa shape index (κ2) is 7.16. The third-order valence-electron chi connectivity index (χ3n) is 6.21. The number of aromatic amines is 1. The monoisotopic (exact) mass is 406 g/mol. The Bertz CT molecular complexity index is 1230. The lowest BCUT2D eigenvalue weighted by Gasteiger charge is -2.26. The van der Waals surface area contributed by atoms with Crippen LogP contribution in [0.4, 0.5) is 4.39 Å². The largest absolute Gasteiger partial charge is 0.494 e. The second-order valence-electron chi connectivity index (χ2n) is 7.93. The fraction of sp³-hybridized carbons (Fsp3) is 0.304. The standard InChI is InChI=1S/C23H23FN4O2/c1-2-19(23(30)27-10-8-15(12-27)14-3-5-17(24)6-4-14)28-13-16-7-9-25-21-20(16)18(11-26-21)22(28)29/h3-7,9,11,13,15,19,25,29H,2,8,10,12H2,1H3/t15?,19-/m1/s1. The van der Waals surface area contributed by atoms with E-state index in [1.54, 1.807) is 22.9 Å². The lowest BCUT2D eigenvalue weighted by molar-refractivity contribution is -0.134. The van der Waals surface area contributed by atoms with Gasteiger partial charge in [0.25, 0.3) is 0 Å². The van der Waals surface area contributed by atoms with E-state index in [1.807, 2.05) is 30.3 Å². The minimum atomic E-state index is -0.501. The van der Waals surface area contributed by atoms with Gasteiger partial charge >= 0.3 is 0 Å². The van der Waals surface area contributed by atoms with Gasteiger partial charge in [0.2, 0.25) is 11.8 Å². The van der Waals surface area contributed by atoms with Gasteiger partial charge in [-0.25, -0.2) is 9.37 Å². The molecule has 0 bridgehead atoms. The molecule has 2 atom stereocenters. The van der Waals surface area contributed by atoms with Crippen LogP contribution in [0.25, 0.3) is 21.8 Å². The van der Waals surface area contributed by atoms with E-state index in [0.717, 1.165) is 22.8 Å². The molecule has 1 unspecified atom stereocenters. The van der Waals surface area contributed by atoms with Gasteiger partial charge in [0.05, 0.1) is 5.39 Å². The molecule has 7 heteroatoms. The molecule has 4 aromatic rings. The summed E-state index contributed by atoms with van der Waals surface area (Å²) >= 11 is 0. The molecule has 5 rings (SSSR count). The maximum Gasteiger partial charge on any atom is 0.245 e. The van der Waals surface area contributed by atoms with Crippen LogP contribution in [0, 0.1) is 5.82 Å². The highest BCUT2D eigenvalue weighted by molar-refractivity contribution is 6.09. The first kappa shape index (κ1) is 18.7. The number of halogens is 1. The van der Waals surface area contributed by atoms with Gasteiger partial charge in [0.1, 0.15) is 17.5 Å². The number of likely N-dealkylation sites (tertiary alicyclic amines) is 1. The van der Waals surface area contributed by atoms with Crippen LogP contribution in [0.2, 0.25) is 0 Å². The zero-order valence-electron chi connectivity index (χ0n) is 16.7. The van der Waals surface area contributed by atoms with Crippen LogP contribution < -0.4 is 0 Å². The zero-order valence-corrected chi connectivity index (χ0v) is 16.7. The Morgan fingerprint density at radius 3 is 2.90 bits per heavy atom. The van der Waals surface area contributed by atoms with Crippen LogP contribution in [-0.2, 0) is 4.79 Å². The van der Waals surface area contributed by atoms with Gasteiger partial charge < -0.3 is 19.6 Å². The van der Waals surface area contributed by atoms with Crippen molar-refractivity contribution in [2.24, 2.45) is 0 Å². The number of carbonyl (C=O) groups is 1. The van der Waals surface area contributed by atoms with Gasteiger partial charge in [-0.05, 0) is 36.6 Å². The molecule has 1 amide bonds. The van der Waals surface area contributed by atoms with Crippen molar-refractivity contribution >= 4 is 27.7 Å². The van der Waals surface area contributed by atoms with Crippen LogP contribution in [0.15, 0.2) is 48.9 Å². The summed E-state index contributed by atoms with van der Waals surface area (Å²) in [5.74, 6) is -0.00723. The Labute approximate surface area is 172 Å². The summed E-state index contributed by atoms with van der Waals surface area (Å²) in [4.78, 5) is 22.7. The van der Waals surface area contributed by atoms with Gasteiger partial charge in [-0.1, -0.05) is 19.1 Å². The fourth-order valence-corrected chi connectivity index (χ4v) is 4.61. The van der Waals surface area contributed by atoms with E-state index in [4.69, 9.17) is 0 Å². The summed E-state index contributed by atoms with van der Waals surface area (Å²) in [6, 6.07) is 7.95. The molecule has 0 saturated carbocycles. The summed E-state index contributed by atoms with van der Waals surface area (Å²) in [5.41, 5.74) is 1.76. The maximum atomic E-state index is 13.4. The molecule has 0 radical (unpaired) electrons. The Kier molecular flexibility index (Phi) is 4.46. The quantitative estimate of drug-likeness (QED) is 0.530. The molecule has 2 N–H and O–H groups in total. The molecular formula is C23H23FN4O2. The van der Waals surface area contributed by atoms with E-state index in [0.29, 0.717) is 30.5 Å². The van der Waals surface area contributed by atoms with Crippen LogP contribution in [-0.4, -0.2) is 43.5 Å². The number of nitrogens with zero attached hydrogens (tertiary/aromatic N) is 3. The average Bonchev–Trinajstić information content (AvgIpc) is 3.41. The van der Waals surface area contributed by atoms with Crippen molar-refractivity contribution in [3.05, 3.63) is 60.3 Å². The van der Waals surface area contributed by atoms with E-state index in [1.165, 1.54) is 12.1 Å². The number of aromatic hydroxyl groups is 1. The predicted octanol–water partition coefficient (Wildman–Crippen LogP) is 4.33. The number of hydrogen-bond donors (Lipinski definition) is 2. The van der Waals surface area contributed by atoms with Gasteiger partial charge in [0.15, 0.2) is 0 Å². The Hall–Kier alpha value is -3.35. The number of nitrogens with one attached hydrogen (secondary N) is 1. The molecule has 3 aromatic heterocycles. The Morgan fingerprint density at radius 2 is 2.13 bits per heavy atom. The molecule has 4 heterocycles. The molecule has 6 nitrogen and oxygen atoms in total. The third-order valence-corrected chi connectivity index (χ3v) is 6.21. The minimum Gasteiger partial charge on any atom is -0.494 e. The average molecular weight is 406 g/mol. The fourth-order valence-electron chi connectivity index (χ4n) is 4.61. The molecule has 30 heavy (non-hydrogen) atoms. The van der Waals surface area contributed by atoms with Crippen LogP contribution in [0.5, 0.6) is 5.88 Å². The topological polar surface area (TPSA) is 74.2 Å². The predicted molar refractivity (Wildman–Crippen MR) is 113 cm³/mol. The smallest absolute Gasteiger partial charge is 0.245 e. The van der Waals surface area contributed by atoms with Crippen molar-refractivity contribution in [1.82, 2.24) is 19.4 Å². The maximum absolute atomic E-state index is 13.4. The highest BCUT2D eigenvalue weighted by Crippen LogP contribution is 2.36. The van der Waals surface area contributed by atoms with Crippen molar-refractivity contribution < 1.29 is 14.3 Å². The number of hydrogen-bond acceptors (Lipinski definition) is 3. The Morgan fingerprint density at radius 1 is 1.33 bits per heavy atom. The van der Waals surface area contributed by atoms with E-state index in [-0.39, 0.29) is 23.5 Å². The normalized spacial score (nSPS) is 17.8. The molecule has 0 aliphatic carbocycles. The number of benzene rings is 1. The third kappa shape index (κ3) is 2.93. The highest BCUT2D eigenvalue weighted by Gasteiger charge is 2.32. The summed E-state index contributed by atoms with van der Waals surface area (Å²) in [6.07, 6.45) is 6.68. The first-order valence-electron chi connectivity index (χ1n) is 10.3. The van der Waals surface area contributed by atoms with Crippen molar-refractivity contribution in [3.8, 4) is 5.88 Å². The van der Waals surface area contributed by atoms with E-state index < -0.39 is 6.04 Å². The molecule has 1 aliphatic rings. The first-order valence-corrected chi connectivity index (χ1v) is 10.3. The summed E-state index contributed by atoms with van der Waals surface area (Å²) in [7, 11) is 0. The number of carbonyl (C=O) groups excluding carboxylic acids is 1. The van der Waals surface area contributed by atoms with Gasteiger partial charge in [-0.3, -0.25) is 4.79 Å². The number of H-pyrrole nitrogens is 1. The van der Waals surface area contributed by atoms with Crippen molar-refractivity contribution in [2.75, 3.05) is 13.1 Å². The second-order valence-corrected chi connectivity index (χ2v) is 7.93. The minimum absolute atomic E-state index is 0.00776. The van der Waals surface area contributed by atoms with Crippen molar-refractivity contribution in [3.63, 3.8) is 0 Å². The van der Waals surface area contributed by atoms with E-state index in [2.05, 4.69) is 9.97 Å². The van der Waals surface area contributed by atoms with Crippen LogP contribution in [0.1, 0.15) is 37.3 Å². The van der Waals surface area contributed by atoms with Crippen molar-refractivity contribution in [1.29, 1.82) is 0 Å².